The standard InChI is InChI=1S/C12H15N5O3/c1-16-6-9(4-13-16)11-10(12(18)19)14-15-17(11)5-8-2-3-20-7-8/h4,6,8H,2-3,5,7H2,1H3,(H,18,19). The van der Waals surface area contributed by atoms with E-state index >= 15 is 0 Å². The molecule has 3 heterocycles. The van der Waals surface area contributed by atoms with Crippen LogP contribution in [-0.4, -0.2) is 49.1 Å². The average Bonchev–Trinajstić information content (AvgIpc) is 3.09. The van der Waals surface area contributed by atoms with Crippen molar-refractivity contribution in [2.75, 3.05) is 13.2 Å². The third-order valence-electron chi connectivity index (χ3n) is 3.37. The predicted octanol–water partition coefficient (Wildman–Crippen LogP) is 0.413. The number of hydrogen-bond donors (Lipinski definition) is 1. The second kappa shape index (κ2) is 5.04. The lowest BCUT2D eigenvalue weighted by Gasteiger charge is -2.09. The normalized spacial score (nSPS) is 18.6. The summed E-state index contributed by atoms with van der Waals surface area (Å²) in [7, 11) is 1.78. The zero-order valence-electron chi connectivity index (χ0n) is 11.1. The fourth-order valence-corrected chi connectivity index (χ4v) is 2.39. The van der Waals surface area contributed by atoms with Crippen LogP contribution in [0.1, 0.15) is 16.9 Å². The summed E-state index contributed by atoms with van der Waals surface area (Å²) in [5.41, 5.74) is 1.16. The van der Waals surface area contributed by atoms with Gasteiger partial charge in [-0.15, -0.1) is 5.10 Å². The van der Waals surface area contributed by atoms with Crippen LogP contribution in [0.15, 0.2) is 12.4 Å². The number of nitrogens with zero attached hydrogens (tertiary/aromatic N) is 5. The minimum Gasteiger partial charge on any atom is -0.476 e. The van der Waals surface area contributed by atoms with Crippen LogP contribution in [0.5, 0.6) is 0 Å². The summed E-state index contributed by atoms with van der Waals surface area (Å²) in [6.07, 6.45) is 4.33. The van der Waals surface area contributed by atoms with Gasteiger partial charge in [0.25, 0.3) is 0 Å². The molecule has 0 bridgehead atoms. The number of rotatable bonds is 4. The Labute approximate surface area is 115 Å². The third-order valence-corrected chi connectivity index (χ3v) is 3.37. The number of aryl methyl sites for hydroxylation is 1. The molecule has 1 fully saturated rings. The van der Waals surface area contributed by atoms with E-state index in [0.29, 0.717) is 30.3 Å². The zero-order chi connectivity index (χ0) is 14.1. The molecule has 1 saturated heterocycles. The number of aromatic carboxylic acids is 1. The van der Waals surface area contributed by atoms with Crippen LogP contribution in [-0.2, 0) is 18.3 Å². The van der Waals surface area contributed by atoms with Crippen molar-refractivity contribution in [2.45, 2.75) is 13.0 Å². The van der Waals surface area contributed by atoms with Gasteiger partial charge in [0.05, 0.1) is 12.8 Å². The first kappa shape index (κ1) is 12.8. The number of carboxylic acids is 1. The molecule has 8 nitrogen and oxygen atoms in total. The molecule has 1 aliphatic rings. The zero-order valence-corrected chi connectivity index (χ0v) is 11.1. The lowest BCUT2D eigenvalue weighted by Crippen LogP contribution is -2.13. The largest absolute Gasteiger partial charge is 0.476 e. The van der Waals surface area contributed by atoms with E-state index in [1.165, 1.54) is 0 Å². The van der Waals surface area contributed by atoms with Gasteiger partial charge in [0.1, 0.15) is 5.69 Å². The number of aromatic nitrogens is 5. The Balaban J connectivity index is 1.99. The number of ether oxygens (including phenoxy) is 1. The second-order valence-corrected chi connectivity index (χ2v) is 4.91. The minimum absolute atomic E-state index is 0.0445. The quantitative estimate of drug-likeness (QED) is 0.870. The van der Waals surface area contributed by atoms with Crippen molar-refractivity contribution in [2.24, 2.45) is 13.0 Å². The van der Waals surface area contributed by atoms with Gasteiger partial charge in [-0.2, -0.15) is 5.10 Å². The molecule has 1 aliphatic heterocycles. The van der Waals surface area contributed by atoms with Gasteiger partial charge >= 0.3 is 5.97 Å². The third kappa shape index (κ3) is 2.29. The predicted molar refractivity (Wildman–Crippen MR) is 68.1 cm³/mol. The molecule has 1 N–H and O–H groups in total. The van der Waals surface area contributed by atoms with Gasteiger partial charge in [-0.1, -0.05) is 5.21 Å². The van der Waals surface area contributed by atoms with E-state index in [0.717, 1.165) is 13.0 Å². The van der Waals surface area contributed by atoms with E-state index in [-0.39, 0.29) is 5.69 Å². The van der Waals surface area contributed by atoms with Crippen LogP contribution in [0.25, 0.3) is 11.3 Å². The summed E-state index contributed by atoms with van der Waals surface area (Å²) in [6, 6.07) is 0. The van der Waals surface area contributed by atoms with E-state index in [9.17, 15) is 9.90 Å². The smallest absolute Gasteiger partial charge is 0.358 e. The Hall–Kier alpha value is -2.22. The summed E-state index contributed by atoms with van der Waals surface area (Å²) in [5.74, 6) is -0.744. The van der Waals surface area contributed by atoms with E-state index in [1.807, 2.05) is 0 Å². The maximum Gasteiger partial charge on any atom is 0.358 e. The van der Waals surface area contributed by atoms with E-state index in [1.54, 1.807) is 28.8 Å². The summed E-state index contributed by atoms with van der Waals surface area (Å²) >= 11 is 0. The molecule has 8 heteroatoms. The highest BCUT2D eigenvalue weighted by atomic mass is 16.5. The van der Waals surface area contributed by atoms with Gasteiger partial charge < -0.3 is 9.84 Å². The molecule has 106 valence electrons. The minimum atomic E-state index is -1.09. The number of hydrogen-bond acceptors (Lipinski definition) is 5. The van der Waals surface area contributed by atoms with Crippen molar-refractivity contribution in [3.63, 3.8) is 0 Å². The monoisotopic (exact) mass is 277 g/mol. The molecule has 1 atom stereocenters. The Morgan fingerprint density at radius 1 is 1.60 bits per heavy atom. The molecule has 2 aromatic heterocycles. The number of carboxylic acid groups (broad SMARTS) is 1. The van der Waals surface area contributed by atoms with Crippen molar-refractivity contribution in [3.8, 4) is 11.3 Å². The van der Waals surface area contributed by atoms with Gasteiger partial charge in [0.15, 0.2) is 5.69 Å². The molecule has 0 amide bonds. The van der Waals surface area contributed by atoms with E-state index < -0.39 is 5.97 Å². The molecule has 0 saturated carbocycles. The van der Waals surface area contributed by atoms with Crippen LogP contribution < -0.4 is 0 Å². The Bertz CT molecular complexity index is 627. The highest BCUT2D eigenvalue weighted by molar-refractivity contribution is 5.92. The highest BCUT2D eigenvalue weighted by Gasteiger charge is 2.24. The van der Waals surface area contributed by atoms with Crippen LogP contribution in [0, 0.1) is 5.92 Å². The molecule has 0 aliphatic carbocycles. The maximum absolute atomic E-state index is 11.3. The Kier molecular flexibility index (Phi) is 3.23. The van der Waals surface area contributed by atoms with Gasteiger partial charge in [-0.3, -0.25) is 4.68 Å². The molecule has 0 aromatic carbocycles. The van der Waals surface area contributed by atoms with Gasteiger partial charge in [0.2, 0.25) is 0 Å². The van der Waals surface area contributed by atoms with Crippen LogP contribution in [0.4, 0.5) is 0 Å². The summed E-state index contributed by atoms with van der Waals surface area (Å²) in [6.45, 7) is 2.02. The van der Waals surface area contributed by atoms with E-state index in [4.69, 9.17) is 4.74 Å². The average molecular weight is 277 g/mol. The van der Waals surface area contributed by atoms with Gasteiger partial charge in [-0.05, 0) is 6.42 Å². The first-order chi connectivity index (χ1) is 9.65. The molecule has 1 unspecified atom stereocenters. The van der Waals surface area contributed by atoms with Crippen LogP contribution in [0.2, 0.25) is 0 Å². The SMILES string of the molecule is Cn1cc(-c2c(C(=O)O)nnn2CC2CCOC2)cn1. The fourth-order valence-electron chi connectivity index (χ4n) is 2.39. The van der Waals surface area contributed by atoms with Crippen molar-refractivity contribution in [3.05, 3.63) is 18.1 Å². The molecule has 3 rings (SSSR count). The number of carbonyl (C=O) groups is 1. The van der Waals surface area contributed by atoms with Crippen molar-refractivity contribution in [1.82, 2.24) is 24.8 Å². The first-order valence-corrected chi connectivity index (χ1v) is 6.38. The first-order valence-electron chi connectivity index (χ1n) is 6.38. The fraction of sp³-hybridized carbons (Fsp3) is 0.500. The van der Waals surface area contributed by atoms with Gasteiger partial charge in [0, 0.05) is 37.9 Å². The lowest BCUT2D eigenvalue weighted by molar-refractivity contribution is 0.0691. The van der Waals surface area contributed by atoms with Gasteiger partial charge in [-0.25, -0.2) is 9.48 Å². The van der Waals surface area contributed by atoms with Crippen LogP contribution in [0.3, 0.4) is 0 Å². The summed E-state index contributed by atoms with van der Waals surface area (Å²) in [4.78, 5) is 11.3. The molecule has 0 radical (unpaired) electrons. The molecule has 20 heavy (non-hydrogen) atoms. The molecular weight excluding hydrogens is 262 g/mol. The van der Waals surface area contributed by atoms with Crippen molar-refractivity contribution >= 4 is 5.97 Å². The summed E-state index contributed by atoms with van der Waals surface area (Å²) in [5, 5.41) is 21.1. The van der Waals surface area contributed by atoms with Crippen molar-refractivity contribution in [1.29, 1.82) is 0 Å². The summed E-state index contributed by atoms with van der Waals surface area (Å²) < 4.78 is 8.60. The molecule has 0 spiro atoms. The Morgan fingerprint density at radius 3 is 3.05 bits per heavy atom. The Morgan fingerprint density at radius 2 is 2.45 bits per heavy atom. The maximum atomic E-state index is 11.3. The molecule has 2 aromatic rings. The highest BCUT2D eigenvalue weighted by Crippen LogP contribution is 2.24. The molecular formula is C12H15N5O3. The lowest BCUT2D eigenvalue weighted by atomic mass is 10.1. The van der Waals surface area contributed by atoms with Crippen molar-refractivity contribution < 1.29 is 14.6 Å². The second-order valence-electron chi connectivity index (χ2n) is 4.91. The van der Waals surface area contributed by atoms with E-state index in [2.05, 4.69) is 15.4 Å². The topological polar surface area (TPSA) is 95.1 Å². The van der Waals surface area contributed by atoms with Crippen LogP contribution >= 0.6 is 0 Å².